The van der Waals surface area contributed by atoms with Gasteiger partial charge in [0.05, 0.1) is 19.8 Å². The standard InChI is InChI=1S/C15H23N3O6/c1-2-3-4-5-8-22-15(21)17-11-6-7-18(14(20)16-11)12-10-23-13(9-19)24-12/h6-7,12-13,19H,2-5,8-10H2,1H3,(H,16,17,20,21). The second-order valence-electron chi connectivity index (χ2n) is 5.36. The van der Waals surface area contributed by atoms with Crippen molar-refractivity contribution >= 4 is 11.9 Å². The highest BCUT2D eigenvalue weighted by molar-refractivity contribution is 5.83. The highest BCUT2D eigenvalue weighted by atomic mass is 16.7. The second-order valence-corrected chi connectivity index (χ2v) is 5.36. The molecule has 1 aromatic heterocycles. The molecule has 1 saturated heterocycles. The molecule has 0 radical (unpaired) electrons. The van der Waals surface area contributed by atoms with Crippen LogP contribution in [0.15, 0.2) is 17.1 Å². The van der Waals surface area contributed by atoms with Crippen molar-refractivity contribution in [1.29, 1.82) is 0 Å². The van der Waals surface area contributed by atoms with Crippen LogP contribution in [0, 0.1) is 0 Å². The van der Waals surface area contributed by atoms with Crippen molar-refractivity contribution in [2.75, 3.05) is 25.1 Å². The minimum absolute atomic E-state index is 0.104. The van der Waals surface area contributed by atoms with Gasteiger partial charge in [-0.05, 0) is 12.5 Å². The molecule has 24 heavy (non-hydrogen) atoms. The molecule has 2 heterocycles. The van der Waals surface area contributed by atoms with E-state index in [0.717, 1.165) is 25.7 Å². The summed E-state index contributed by atoms with van der Waals surface area (Å²) in [5, 5.41) is 11.4. The molecule has 1 amide bonds. The lowest BCUT2D eigenvalue weighted by Gasteiger charge is -2.12. The van der Waals surface area contributed by atoms with Gasteiger partial charge in [-0.3, -0.25) is 9.88 Å². The predicted molar refractivity (Wildman–Crippen MR) is 84.6 cm³/mol. The van der Waals surface area contributed by atoms with Crippen molar-refractivity contribution in [3.63, 3.8) is 0 Å². The maximum atomic E-state index is 12.0. The number of hydrogen-bond donors (Lipinski definition) is 2. The number of carbonyl (C=O) groups is 1. The van der Waals surface area contributed by atoms with Crippen LogP contribution in [0.4, 0.5) is 10.6 Å². The summed E-state index contributed by atoms with van der Waals surface area (Å²) in [5.74, 6) is 0.104. The maximum absolute atomic E-state index is 12.0. The highest BCUT2D eigenvalue weighted by Gasteiger charge is 2.27. The van der Waals surface area contributed by atoms with E-state index >= 15 is 0 Å². The lowest BCUT2D eigenvalue weighted by atomic mass is 10.2. The van der Waals surface area contributed by atoms with Crippen molar-refractivity contribution in [3.8, 4) is 0 Å². The number of nitrogens with one attached hydrogen (secondary N) is 1. The molecule has 0 spiro atoms. The molecule has 0 aromatic carbocycles. The maximum Gasteiger partial charge on any atom is 0.412 e. The molecular weight excluding hydrogens is 318 g/mol. The Bertz CT molecular complexity index is 591. The molecule has 1 aliphatic rings. The summed E-state index contributed by atoms with van der Waals surface area (Å²) in [4.78, 5) is 27.4. The van der Waals surface area contributed by atoms with Gasteiger partial charge in [0.2, 0.25) is 0 Å². The Morgan fingerprint density at radius 1 is 1.50 bits per heavy atom. The van der Waals surface area contributed by atoms with Crippen molar-refractivity contribution in [3.05, 3.63) is 22.7 Å². The molecule has 9 heteroatoms. The van der Waals surface area contributed by atoms with Gasteiger partial charge in [0, 0.05) is 6.20 Å². The predicted octanol–water partition coefficient (Wildman–Crippen LogP) is 1.24. The topological polar surface area (TPSA) is 112 Å². The summed E-state index contributed by atoms with van der Waals surface area (Å²) in [7, 11) is 0. The number of nitrogens with zero attached hydrogens (tertiary/aromatic N) is 2. The van der Waals surface area contributed by atoms with E-state index in [-0.39, 0.29) is 19.0 Å². The summed E-state index contributed by atoms with van der Waals surface area (Å²) in [5.41, 5.74) is -0.595. The highest BCUT2D eigenvalue weighted by Crippen LogP contribution is 2.19. The molecule has 0 aliphatic carbocycles. The number of rotatable bonds is 8. The van der Waals surface area contributed by atoms with E-state index in [1.165, 1.54) is 16.8 Å². The number of amides is 1. The monoisotopic (exact) mass is 341 g/mol. The van der Waals surface area contributed by atoms with Gasteiger partial charge in [0.1, 0.15) is 5.82 Å². The molecule has 2 unspecified atom stereocenters. The molecule has 2 rings (SSSR count). The first kappa shape index (κ1) is 18.4. The van der Waals surface area contributed by atoms with Crippen LogP contribution in [-0.4, -0.2) is 46.9 Å². The fraction of sp³-hybridized carbons (Fsp3) is 0.667. The number of unbranched alkanes of at least 4 members (excludes halogenated alkanes) is 3. The molecule has 2 atom stereocenters. The molecule has 134 valence electrons. The summed E-state index contributed by atoms with van der Waals surface area (Å²) >= 11 is 0. The number of carbonyl (C=O) groups excluding carboxylic acids is 1. The summed E-state index contributed by atoms with van der Waals surface area (Å²) in [6.07, 6.45) is 3.44. The van der Waals surface area contributed by atoms with Crippen LogP contribution in [0.1, 0.15) is 38.8 Å². The quantitative estimate of drug-likeness (QED) is 0.684. The SMILES string of the molecule is CCCCCCOC(=O)Nc1ccn(C2COC(CO)O2)c(=O)n1. The lowest BCUT2D eigenvalue weighted by molar-refractivity contribution is -0.0992. The fourth-order valence-corrected chi connectivity index (χ4v) is 2.22. The average molecular weight is 341 g/mol. The van der Waals surface area contributed by atoms with Crippen molar-refractivity contribution < 1.29 is 24.1 Å². The van der Waals surface area contributed by atoms with E-state index < -0.39 is 24.3 Å². The molecule has 0 bridgehead atoms. The summed E-state index contributed by atoms with van der Waals surface area (Å²) in [6, 6.07) is 1.47. The second kappa shape index (κ2) is 9.36. The first-order chi connectivity index (χ1) is 11.6. The largest absolute Gasteiger partial charge is 0.449 e. The zero-order valence-corrected chi connectivity index (χ0v) is 13.6. The van der Waals surface area contributed by atoms with Crippen molar-refractivity contribution in [2.24, 2.45) is 0 Å². The van der Waals surface area contributed by atoms with Gasteiger partial charge < -0.3 is 19.3 Å². The molecule has 1 aromatic rings. The lowest BCUT2D eigenvalue weighted by Crippen LogP contribution is -2.29. The van der Waals surface area contributed by atoms with Crippen LogP contribution in [0.3, 0.4) is 0 Å². The molecule has 9 nitrogen and oxygen atoms in total. The third kappa shape index (κ3) is 5.29. The van der Waals surface area contributed by atoms with Gasteiger partial charge in [-0.25, -0.2) is 9.59 Å². The zero-order chi connectivity index (χ0) is 17.4. The number of aliphatic hydroxyl groups is 1. The molecule has 1 aliphatic heterocycles. The van der Waals surface area contributed by atoms with E-state index in [1.54, 1.807) is 0 Å². The Hall–Kier alpha value is -1.97. The van der Waals surface area contributed by atoms with Gasteiger partial charge in [0.15, 0.2) is 12.5 Å². The van der Waals surface area contributed by atoms with Crippen LogP contribution in [0.2, 0.25) is 0 Å². The Labute approximate surface area is 139 Å². The normalized spacial score (nSPS) is 20.1. The van der Waals surface area contributed by atoms with Gasteiger partial charge in [-0.1, -0.05) is 26.2 Å². The first-order valence-electron chi connectivity index (χ1n) is 8.05. The van der Waals surface area contributed by atoms with E-state index in [2.05, 4.69) is 17.2 Å². The van der Waals surface area contributed by atoms with Crippen molar-refractivity contribution in [2.45, 2.75) is 45.1 Å². The van der Waals surface area contributed by atoms with Gasteiger partial charge >= 0.3 is 11.8 Å². The third-order valence-electron chi connectivity index (χ3n) is 3.48. The average Bonchev–Trinajstić information content (AvgIpc) is 3.03. The first-order valence-corrected chi connectivity index (χ1v) is 8.05. The Morgan fingerprint density at radius 3 is 3.00 bits per heavy atom. The number of hydrogen-bond acceptors (Lipinski definition) is 7. The van der Waals surface area contributed by atoms with E-state index in [1.807, 2.05) is 0 Å². The minimum atomic E-state index is -0.748. The Morgan fingerprint density at radius 2 is 2.33 bits per heavy atom. The number of aromatic nitrogens is 2. The fourth-order valence-electron chi connectivity index (χ4n) is 2.22. The summed E-state index contributed by atoms with van der Waals surface area (Å²) < 4.78 is 16.7. The molecule has 1 fully saturated rings. The van der Waals surface area contributed by atoms with Crippen LogP contribution >= 0.6 is 0 Å². The minimum Gasteiger partial charge on any atom is -0.449 e. The van der Waals surface area contributed by atoms with Crippen LogP contribution in [-0.2, 0) is 14.2 Å². The zero-order valence-electron chi connectivity index (χ0n) is 13.6. The van der Waals surface area contributed by atoms with Crippen molar-refractivity contribution in [1.82, 2.24) is 9.55 Å². The number of ether oxygens (including phenoxy) is 3. The third-order valence-corrected chi connectivity index (χ3v) is 3.48. The van der Waals surface area contributed by atoms with E-state index in [0.29, 0.717) is 6.61 Å². The van der Waals surface area contributed by atoms with Crippen LogP contribution in [0.5, 0.6) is 0 Å². The number of aliphatic hydroxyl groups excluding tert-OH is 1. The Kier molecular flexibility index (Phi) is 7.16. The van der Waals surface area contributed by atoms with E-state index in [9.17, 15) is 9.59 Å². The Balaban J connectivity index is 1.83. The van der Waals surface area contributed by atoms with Gasteiger partial charge in [-0.2, -0.15) is 4.98 Å². The smallest absolute Gasteiger partial charge is 0.412 e. The van der Waals surface area contributed by atoms with Gasteiger partial charge in [0.25, 0.3) is 0 Å². The van der Waals surface area contributed by atoms with Crippen LogP contribution < -0.4 is 11.0 Å². The van der Waals surface area contributed by atoms with Gasteiger partial charge in [-0.15, -0.1) is 0 Å². The summed E-state index contributed by atoms with van der Waals surface area (Å²) in [6.45, 7) is 2.29. The number of anilines is 1. The molecular formula is C15H23N3O6. The molecule has 0 saturated carbocycles. The van der Waals surface area contributed by atoms with Crippen LogP contribution in [0.25, 0.3) is 0 Å². The molecule has 2 N–H and O–H groups in total. The van der Waals surface area contributed by atoms with E-state index in [4.69, 9.17) is 19.3 Å².